The fraction of sp³-hybridized carbons (Fsp3) is 0.167. The van der Waals surface area contributed by atoms with Crippen LogP contribution in [0.4, 0.5) is 5.69 Å². The summed E-state index contributed by atoms with van der Waals surface area (Å²) < 4.78 is 33.4. The van der Waals surface area contributed by atoms with E-state index in [2.05, 4.69) is 5.32 Å². The summed E-state index contributed by atoms with van der Waals surface area (Å²) in [6.45, 7) is 1.41. The predicted octanol–water partition coefficient (Wildman–Crippen LogP) is -1.20. The third kappa shape index (κ3) is 3.04. The Balaban J connectivity index is 0.00000180. The predicted molar refractivity (Wildman–Crippen MR) is 67.9 cm³/mol. The molecule has 0 aliphatic carbocycles. The maximum atomic E-state index is 11.1. The van der Waals surface area contributed by atoms with Gasteiger partial charge in [0.05, 0.1) is 4.90 Å². The molecule has 0 fully saturated rings. The number of phenols is 1. The molecule has 0 amide bonds. The third-order valence-corrected chi connectivity index (χ3v) is 3.84. The SMILES string of the molecule is CNc1ccc2c(O)c(C)c(S(=O)(=O)[O-])cc2c1.[Na+]. The quantitative estimate of drug-likeness (QED) is 0.536. The number of benzene rings is 2. The summed E-state index contributed by atoms with van der Waals surface area (Å²) in [6, 6.07) is 6.38. The zero-order chi connectivity index (χ0) is 13.5. The average molecular weight is 289 g/mol. The summed E-state index contributed by atoms with van der Waals surface area (Å²) in [5, 5.41) is 13.9. The Labute approximate surface area is 133 Å². The zero-order valence-corrected chi connectivity index (χ0v) is 13.7. The first-order chi connectivity index (χ1) is 8.34. The number of rotatable bonds is 2. The van der Waals surface area contributed by atoms with Gasteiger partial charge in [0.25, 0.3) is 0 Å². The van der Waals surface area contributed by atoms with Gasteiger partial charge in [-0.1, -0.05) is 0 Å². The molecule has 0 aliphatic rings. The van der Waals surface area contributed by atoms with Crippen molar-refractivity contribution in [3.63, 3.8) is 0 Å². The number of phenolic OH excluding ortho intramolecular Hbond substituents is 1. The van der Waals surface area contributed by atoms with Crippen LogP contribution in [-0.4, -0.2) is 25.1 Å². The van der Waals surface area contributed by atoms with Crippen molar-refractivity contribution in [2.24, 2.45) is 0 Å². The van der Waals surface area contributed by atoms with Crippen LogP contribution in [0.5, 0.6) is 5.75 Å². The van der Waals surface area contributed by atoms with Crippen LogP contribution in [0.2, 0.25) is 0 Å². The topological polar surface area (TPSA) is 89.5 Å². The Kier molecular flexibility index (Phi) is 4.86. The summed E-state index contributed by atoms with van der Waals surface area (Å²) in [5.41, 5.74) is 0.842. The molecule has 0 radical (unpaired) electrons. The van der Waals surface area contributed by atoms with Crippen molar-refractivity contribution in [1.82, 2.24) is 0 Å². The summed E-state index contributed by atoms with van der Waals surface area (Å²) >= 11 is 0. The fourth-order valence-electron chi connectivity index (χ4n) is 1.88. The second-order valence-electron chi connectivity index (χ2n) is 3.99. The van der Waals surface area contributed by atoms with E-state index in [1.165, 1.54) is 13.0 Å². The van der Waals surface area contributed by atoms with E-state index in [0.717, 1.165) is 5.69 Å². The van der Waals surface area contributed by atoms with Crippen LogP contribution in [0.25, 0.3) is 10.8 Å². The molecule has 2 aromatic carbocycles. The first-order valence-corrected chi connectivity index (χ1v) is 6.65. The van der Waals surface area contributed by atoms with Crippen molar-refractivity contribution in [3.8, 4) is 5.75 Å². The molecule has 2 N–H and O–H groups in total. The van der Waals surface area contributed by atoms with Gasteiger partial charge >= 0.3 is 29.6 Å². The van der Waals surface area contributed by atoms with Crippen LogP contribution in [-0.2, 0) is 10.1 Å². The molecule has 2 rings (SSSR count). The second-order valence-corrected chi connectivity index (χ2v) is 5.34. The van der Waals surface area contributed by atoms with Gasteiger partial charge in [0.2, 0.25) is 0 Å². The standard InChI is InChI=1S/C12H13NO4S.Na/c1-7-11(18(15,16)17)6-8-5-9(13-2)3-4-10(8)12(7)14;/h3-6,13-14H,1-2H3,(H,15,16,17);/q;+1/p-1. The van der Waals surface area contributed by atoms with E-state index in [-0.39, 0.29) is 45.8 Å². The molecule has 0 saturated carbocycles. The van der Waals surface area contributed by atoms with E-state index in [4.69, 9.17) is 0 Å². The van der Waals surface area contributed by atoms with Crippen molar-refractivity contribution in [2.45, 2.75) is 11.8 Å². The molecule has 0 aromatic heterocycles. The summed E-state index contributed by atoms with van der Waals surface area (Å²) in [7, 11) is -2.87. The van der Waals surface area contributed by atoms with Crippen LogP contribution in [0, 0.1) is 6.92 Å². The third-order valence-electron chi connectivity index (χ3n) is 2.88. The molecule has 7 heteroatoms. The summed E-state index contributed by atoms with van der Waals surface area (Å²) in [4.78, 5) is -0.388. The van der Waals surface area contributed by atoms with E-state index in [0.29, 0.717) is 10.8 Å². The van der Waals surface area contributed by atoms with Crippen LogP contribution < -0.4 is 34.9 Å². The van der Waals surface area contributed by atoms with Gasteiger partial charge < -0.3 is 15.0 Å². The van der Waals surface area contributed by atoms with Gasteiger partial charge in [-0.3, -0.25) is 0 Å². The molecule has 0 bridgehead atoms. The molecule has 19 heavy (non-hydrogen) atoms. The van der Waals surface area contributed by atoms with Gasteiger partial charge in [-0.2, -0.15) is 0 Å². The summed E-state index contributed by atoms with van der Waals surface area (Å²) in [6.07, 6.45) is 0. The number of aromatic hydroxyl groups is 1. The average Bonchev–Trinajstić information content (AvgIpc) is 2.31. The van der Waals surface area contributed by atoms with Crippen LogP contribution in [0.15, 0.2) is 29.2 Å². The molecule has 2 aromatic rings. The summed E-state index contributed by atoms with van der Waals surface area (Å²) in [5.74, 6) is -0.176. The van der Waals surface area contributed by atoms with Crippen molar-refractivity contribution >= 4 is 26.6 Å². The van der Waals surface area contributed by atoms with Crippen molar-refractivity contribution in [3.05, 3.63) is 29.8 Å². The molecule has 0 aliphatic heterocycles. The maximum absolute atomic E-state index is 11.1. The number of hydrogen-bond acceptors (Lipinski definition) is 5. The molecule has 96 valence electrons. The molecule has 0 atom stereocenters. The first kappa shape index (κ1) is 16.3. The number of fused-ring (bicyclic) bond motifs is 1. The van der Waals surface area contributed by atoms with Crippen LogP contribution in [0.3, 0.4) is 0 Å². The monoisotopic (exact) mass is 289 g/mol. The Hall–Kier alpha value is -0.790. The molecular weight excluding hydrogens is 277 g/mol. The van der Waals surface area contributed by atoms with Crippen molar-refractivity contribution in [1.29, 1.82) is 0 Å². The zero-order valence-electron chi connectivity index (χ0n) is 10.9. The van der Waals surface area contributed by atoms with Gasteiger partial charge in [0, 0.05) is 23.7 Å². The first-order valence-electron chi connectivity index (χ1n) is 5.24. The van der Waals surface area contributed by atoms with E-state index in [9.17, 15) is 18.1 Å². The molecule has 0 spiro atoms. The Morgan fingerprint density at radius 1 is 1.26 bits per heavy atom. The minimum absolute atomic E-state index is 0. The van der Waals surface area contributed by atoms with Crippen LogP contribution >= 0.6 is 0 Å². The Morgan fingerprint density at radius 3 is 2.42 bits per heavy atom. The Bertz CT molecular complexity index is 728. The smallest absolute Gasteiger partial charge is 0.744 e. The largest absolute Gasteiger partial charge is 1.00 e. The molecular formula is C12H12NNaO4S. The fourth-order valence-corrected chi connectivity index (χ4v) is 2.62. The Morgan fingerprint density at radius 2 is 1.89 bits per heavy atom. The van der Waals surface area contributed by atoms with Gasteiger partial charge in [0.15, 0.2) is 0 Å². The van der Waals surface area contributed by atoms with Crippen molar-refractivity contribution in [2.75, 3.05) is 12.4 Å². The van der Waals surface area contributed by atoms with Gasteiger partial charge in [-0.25, -0.2) is 8.42 Å². The van der Waals surface area contributed by atoms with Gasteiger partial charge in [0.1, 0.15) is 15.9 Å². The number of nitrogens with one attached hydrogen (secondary N) is 1. The van der Waals surface area contributed by atoms with E-state index >= 15 is 0 Å². The minimum atomic E-state index is -4.60. The molecule has 0 unspecified atom stereocenters. The number of anilines is 1. The number of hydrogen-bond donors (Lipinski definition) is 2. The van der Waals surface area contributed by atoms with Gasteiger partial charge in [-0.15, -0.1) is 0 Å². The van der Waals surface area contributed by atoms with E-state index < -0.39 is 10.1 Å². The molecule has 5 nitrogen and oxygen atoms in total. The van der Waals surface area contributed by atoms with Crippen LogP contribution in [0.1, 0.15) is 5.56 Å². The van der Waals surface area contributed by atoms with E-state index in [1.54, 1.807) is 25.2 Å². The van der Waals surface area contributed by atoms with Gasteiger partial charge in [-0.05, 0) is 36.6 Å². The normalized spacial score (nSPS) is 11.1. The minimum Gasteiger partial charge on any atom is -0.744 e. The maximum Gasteiger partial charge on any atom is 1.00 e. The molecule has 0 saturated heterocycles. The second kappa shape index (κ2) is 5.68. The van der Waals surface area contributed by atoms with Crippen molar-refractivity contribution < 1.29 is 47.6 Å². The molecule has 0 heterocycles. The van der Waals surface area contributed by atoms with E-state index in [1.807, 2.05) is 0 Å².